The van der Waals surface area contributed by atoms with Gasteiger partial charge in [-0.1, -0.05) is 11.6 Å². The van der Waals surface area contributed by atoms with E-state index in [-0.39, 0.29) is 10.7 Å². The maximum absolute atomic E-state index is 12.3. The monoisotopic (exact) mass is 416 g/mol. The molecule has 1 saturated heterocycles. The summed E-state index contributed by atoms with van der Waals surface area (Å²) >= 11 is 14.6. The van der Waals surface area contributed by atoms with Gasteiger partial charge in [0.15, 0.2) is 10.9 Å². The summed E-state index contributed by atoms with van der Waals surface area (Å²) < 4.78 is 6.08. The van der Waals surface area contributed by atoms with Crippen molar-refractivity contribution in [3.8, 4) is 5.75 Å². The zero-order chi connectivity index (χ0) is 17.3. The normalized spacial score (nSPS) is 15.3. The van der Waals surface area contributed by atoms with E-state index in [9.17, 15) is 9.59 Å². The molecule has 0 N–H and O–H groups in total. The van der Waals surface area contributed by atoms with Gasteiger partial charge >= 0.3 is 0 Å². The Balaban J connectivity index is 2.47. The van der Waals surface area contributed by atoms with Crippen molar-refractivity contribution in [1.29, 1.82) is 0 Å². The lowest BCUT2D eigenvalue weighted by Crippen LogP contribution is -2.52. The number of rotatable bonds is 3. The van der Waals surface area contributed by atoms with Gasteiger partial charge < -0.3 is 4.74 Å². The van der Waals surface area contributed by atoms with Crippen molar-refractivity contribution >= 4 is 62.8 Å². The highest BCUT2D eigenvalue weighted by Gasteiger charge is 2.35. The standard InChI is InChI=1S/C15H14BrClN2O3S/c1-4-22-12-10(16)6-8(7-11(12)17)5-9-13(20)18(2)15(23)19(3)14(9)21/h5-7H,4H2,1-3H3. The summed E-state index contributed by atoms with van der Waals surface area (Å²) in [6, 6.07) is 3.37. The number of amides is 2. The minimum Gasteiger partial charge on any atom is -0.491 e. The third-order valence-electron chi connectivity index (χ3n) is 3.26. The van der Waals surface area contributed by atoms with E-state index in [1.165, 1.54) is 30.0 Å². The van der Waals surface area contributed by atoms with Gasteiger partial charge in [0.2, 0.25) is 0 Å². The fourth-order valence-electron chi connectivity index (χ4n) is 2.09. The van der Waals surface area contributed by atoms with E-state index in [1.807, 2.05) is 6.92 Å². The topological polar surface area (TPSA) is 49.9 Å². The van der Waals surface area contributed by atoms with E-state index >= 15 is 0 Å². The Morgan fingerprint density at radius 3 is 2.30 bits per heavy atom. The summed E-state index contributed by atoms with van der Waals surface area (Å²) in [5.74, 6) is -0.369. The fourth-order valence-corrected chi connectivity index (χ4v) is 3.24. The van der Waals surface area contributed by atoms with E-state index in [2.05, 4.69) is 15.9 Å². The van der Waals surface area contributed by atoms with Crippen LogP contribution in [0.4, 0.5) is 0 Å². The Labute approximate surface area is 153 Å². The highest BCUT2D eigenvalue weighted by molar-refractivity contribution is 9.10. The van der Waals surface area contributed by atoms with Crippen molar-refractivity contribution in [2.75, 3.05) is 20.7 Å². The third-order valence-corrected chi connectivity index (χ3v) is 4.68. The molecule has 1 aliphatic heterocycles. The molecular weight excluding hydrogens is 404 g/mol. The number of thiocarbonyl (C=S) groups is 1. The number of likely N-dealkylation sites (N-methyl/N-ethyl adjacent to an activating group) is 2. The molecule has 0 unspecified atom stereocenters. The number of benzene rings is 1. The first-order valence-corrected chi connectivity index (χ1v) is 8.29. The van der Waals surface area contributed by atoms with Crippen LogP contribution < -0.4 is 4.74 Å². The summed E-state index contributed by atoms with van der Waals surface area (Å²) in [6.45, 7) is 2.33. The molecule has 1 heterocycles. The zero-order valence-electron chi connectivity index (χ0n) is 12.7. The van der Waals surface area contributed by atoms with Crippen LogP contribution in [-0.2, 0) is 9.59 Å². The molecular formula is C15H14BrClN2O3S. The van der Waals surface area contributed by atoms with Crippen LogP contribution in [-0.4, -0.2) is 47.4 Å². The number of carbonyl (C=O) groups is 2. The molecule has 2 amide bonds. The van der Waals surface area contributed by atoms with E-state index in [1.54, 1.807) is 12.1 Å². The quantitative estimate of drug-likeness (QED) is 0.431. The van der Waals surface area contributed by atoms with E-state index in [0.29, 0.717) is 27.4 Å². The van der Waals surface area contributed by atoms with Gasteiger partial charge in [-0.15, -0.1) is 0 Å². The Bertz CT molecular complexity index is 686. The van der Waals surface area contributed by atoms with Crippen molar-refractivity contribution in [3.05, 3.63) is 32.8 Å². The molecule has 2 rings (SSSR count). The van der Waals surface area contributed by atoms with Gasteiger partial charge in [-0.25, -0.2) is 0 Å². The second-order valence-corrected chi connectivity index (χ2v) is 6.44. The van der Waals surface area contributed by atoms with Crippen LogP contribution in [0, 0.1) is 0 Å². The molecule has 0 radical (unpaired) electrons. The first-order chi connectivity index (χ1) is 10.8. The lowest BCUT2D eigenvalue weighted by Gasteiger charge is -2.31. The van der Waals surface area contributed by atoms with Crippen LogP contribution in [0.25, 0.3) is 6.08 Å². The summed E-state index contributed by atoms with van der Waals surface area (Å²) in [5, 5.41) is 0.559. The molecule has 0 bridgehead atoms. The molecule has 0 aliphatic carbocycles. The third kappa shape index (κ3) is 3.41. The molecule has 23 heavy (non-hydrogen) atoms. The summed E-state index contributed by atoms with van der Waals surface area (Å²) in [4.78, 5) is 27.1. The first kappa shape index (κ1) is 17.9. The maximum Gasteiger partial charge on any atom is 0.265 e. The number of hydrogen-bond acceptors (Lipinski definition) is 4. The summed E-state index contributed by atoms with van der Waals surface area (Å²) in [5.41, 5.74) is 0.632. The van der Waals surface area contributed by atoms with Gasteiger partial charge in [-0.05, 0) is 58.8 Å². The second kappa shape index (κ2) is 6.98. The van der Waals surface area contributed by atoms with Gasteiger partial charge in [0.25, 0.3) is 11.8 Å². The van der Waals surface area contributed by atoms with Crippen molar-refractivity contribution < 1.29 is 14.3 Å². The SMILES string of the molecule is CCOc1c(Cl)cc(C=C2C(=O)N(C)C(=S)N(C)C2=O)cc1Br. The van der Waals surface area contributed by atoms with Crippen molar-refractivity contribution in [2.45, 2.75) is 6.92 Å². The first-order valence-electron chi connectivity index (χ1n) is 6.71. The Kier molecular flexibility index (Phi) is 5.44. The van der Waals surface area contributed by atoms with Crippen LogP contribution in [0.15, 0.2) is 22.2 Å². The van der Waals surface area contributed by atoms with Crippen LogP contribution in [0.5, 0.6) is 5.75 Å². The highest BCUT2D eigenvalue weighted by atomic mass is 79.9. The number of hydrogen-bond donors (Lipinski definition) is 0. The molecule has 0 spiro atoms. The highest BCUT2D eigenvalue weighted by Crippen LogP contribution is 2.35. The maximum atomic E-state index is 12.3. The predicted molar refractivity (Wildman–Crippen MR) is 96.4 cm³/mol. The molecule has 1 fully saturated rings. The van der Waals surface area contributed by atoms with Gasteiger partial charge in [0, 0.05) is 14.1 Å². The Morgan fingerprint density at radius 2 is 1.83 bits per heavy atom. The van der Waals surface area contributed by atoms with Gasteiger partial charge in [-0.3, -0.25) is 19.4 Å². The molecule has 122 valence electrons. The van der Waals surface area contributed by atoms with Crippen molar-refractivity contribution in [2.24, 2.45) is 0 Å². The Hall–Kier alpha value is -1.44. The van der Waals surface area contributed by atoms with Crippen LogP contribution >= 0.6 is 39.7 Å². The minimum atomic E-state index is -0.445. The van der Waals surface area contributed by atoms with Crippen LogP contribution in [0.2, 0.25) is 5.02 Å². The lowest BCUT2D eigenvalue weighted by atomic mass is 10.1. The van der Waals surface area contributed by atoms with E-state index in [0.717, 1.165) is 0 Å². The lowest BCUT2D eigenvalue weighted by molar-refractivity contribution is -0.132. The summed E-state index contributed by atoms with van der Waals surface area (Å²) in [6.07, 6.45) is 1.49. The number of halogens is 2. The second-order valence-electron chi connectivity index (χ2n) is 4.82. The number of ether oxygens (including phenoxy) is 1. The fraction of sp³-hybridized carbons (Fsp3) is 0.267. The zero-order valence-corrected chi connectivity index (χ0v) is 15.9. The van der Waals surface area contributed by atoms with Crippen molar-refractivity contribution in [3.63, 3.8) is 0 Å². The van der Waals surface area contributed by atoms with E-state index < -0.39 is 11.8 Å². The average molecular weight is 418 g/mol. The molecule has 1 aromatic carbocycles. The molecule has 5 nitrogen and oxygen atoms in total. The minimum absolute atomic E-state index is 0.0238. The van der Waals surface area contributed by atoms with E-state index in [4.69, 9.17) is 28.6 Å². The van der Waals surface area contributed by atoms with Gasteiger partial charge in [-0.2, -0.15) is 0 Å². The Morgan fingerprint density at radius 1 is 1.26 bits per heavy atom. The smallest absolute Gasteiger partial charge is 0.265 e. The molecule has 0 aromatic heterocycles. The summed E-state index contributed by atoms with van der Waals surface area (Å²) in [7, 11) is 3.06. The van der Waals surface area contributed by atoms with Gasteiger partial charge in [0.1, 0.15) is 5.57 Å². The molecule has 1 aromatic rings. The molecule has 0 atom stereocenters. The molecule has 0 saturated carbocycles. The van der Waals surface area contributed by atoms with Crippen LogP contribution in [0.1, 0.15) is 12.5 Å². The number of nitrogens with zero attached hydrogens (tertiary/aromatic N) is 2. The molecule has 8 heteroatoms. The predicted octanol–water partition coefficient (Wildman–Crippen LogP) is 3.10. The average Bonchev–Trinajstić information content (AvgIpc) is 2.51. The van der Waals surface area contributed by atoms with Gasteiger partial charge in [0.05, 0.1) is 16.1 Å². The molecule has 1 aliphatic rings. The van der Waals surface area contributed by atoms with Crippen LogP contribution in [0.3, 0.4) is 0 Å². The largest absolute Gasteiger partial charge is 0.491 e. The number of carbonyl (C=O) groups excluding carboxylic acids is 2. The van der Waals surface area contributed by atoms with Crippen molar-refractivity contribution in [1.82, 2.24) is 9.80 Å².